The van der Waals surface area contributed by atoms with Crippen LogP contribution in [0.5, 0.6) is 0 Å². The summed E-state index contributed by atoms with van der Waals surface area (Å²) in [5.74, 6) is 51.9. The largest absolute Gasteiger partial charge is 0.494 e. The third-order valence-corrected chi connectivity index (χ3v) is 27.3. The zero-order valence-corrected chi connectivity index (χ0v) is 79.2. The highest BCUT2D eigenvalue weighted by Gasteiger charge is 2.52. The molecular formula is C133H80BBrN4O2. The number of nitrogens with zero attached hydrogens (tertiary/aromatic N) is 4. The van der Waals surface area contributed by atoms with Gasteiger partial charge in [-0.25, -0.2) is 0 Å². The summed E-state index contributed by atoms with van der Waals surface area (Å²) in [6, 6.07) is 141. The maximum Gasteiger partial charge on any atom is 0.494 e. The Kier molecular flexibility index (Phi) is 23.5. The van der Waals surface area contributed by atoms with Crippen LogP contribution in [0.3, 0.4) is 0 Å². The SMILES string of the molecule is Brc1ccc2c3c4ccccc4c4c5ccccc5c5ccccc5c4c3n(-c3ccccc3)c2c1.C#CC#CC#CC#CC#CC#CC#CC#CC#CC#CC#CC.CC1(C)OB(c2ccc3c(c2)c2ccccc2n3-c2ccccc2)OC1(C)C.c1ccc(-n2c3ccccc3c3cc(-c4ccc5c6c7ccccc7c7c8ccccc8c8ccccc8c7c6n(-c6ccccc6)c5c4)ccc32)cc1. The molecule has 1 saturated heterocycles. The van der Waals surface area contributed by atoms with Gasteiger partial charge in [-0.2, -0.15) is 0 Å². The Hall–Kier alpha value is -18.7. The summed E-state index contributed by atoms with van der Waals surface area (Å²) in [6.07, 6.45) is 4.90. The van der Waals surface area contributed by atoms with Crippen LogP contribution in [-0.4, -0.2) is 36.6 Å². The van der Waals surface area contributed by atoms with Crippen molar-refractivity contribution in [1.29, 1.82) is 0 Å². The van der Waals surface area contributed by atoms with Gasteiger partial charge in [-0.05, 0) is 308 Å². The van der Waals surface area contributed by atoms with E-state index in [2.05, 4.69) is 568 Å². The van der Waals surface area contributed by atoms with E-state index < -0.39 is 0 Å². The highest BCUT2D eigenvalue weighted by molar-refractivity contribution is 9.10. The quantitative estimate of drug-likeness (QED) is 0.0945. The minimum atomic E-state index is -0.353. The molecule has 5 heterocycles. The third-order valence-electron chi connectivity index (χ3n) is 26.8. The summed E-state index contributed by atoms with van der Waals surface area (Å²) in [4.78, 5) is 0. The fourth-order valence-electron chi connectivity index (χ4n) is 20.2. The lowest BCUT2D eigenvalue weighted by Crippen LogP contribution is -2.41. The number of aromatic nitrogens is 4. The van der Waals surface area contributed by atoms with Crippen LogP contribution in [0.25, 0.3) is 207 Å². The molecule has 20 aromatic carbocycles. The molecule has 4 aromatic heterocycles. The van der Waals surface area contributed by atoms with E-state index in [1.807, 2.05) is 6.07 Å². The third kappa shape index (κ3) is 16.0. The van der Waals surface area contributed by atoms with Crippen LogP contribution in [0.15, 0.2) is 393 Å². The second-order valence-corrected chi connectivity index (χ2v) is 36.1. The Morgan fingerprint density at radius 3 is 0.887 bits per heavy atom. The summed E-state index contributed by atoms with van der Waals surface area (Å²) in [7, 11) is -0.353. The zero-order valence-electron chi connectivity index (χ0n) is 77.6. The fourth-order valence-corrected chi connectivity index (χ4v) is 20.6. The average Bonchev–Trinajstić information content (AvgIpc) is 1.52. The van der Waals surface area contributed by atoms with Crippen molar-refractivity contribution in [1.82, 2.24) is 18.3 Å². The van der Waals surface area contributed by atoms with E-state index in [9.17, 15) is 0 Å². The standard InChI is InChI=1S/C52H32N2.C34H20BrN.C24H24BNO2.C23H4/c1-3-15-35(16-4-1)53-46-26-14-13-21-39(46)45-31-33(28-30-47(45)53)34-27-29-44-48(32-34)54(36-17-5-2-6-18-36)52-50(44)43-25-12-11-24-42(43)49-40-22-9-7-19-37(40)38-20-8-10-23-41(38)51(49)52;35-21-18-19-29-30(20-21)36(22-10-2-1-3-11-22)34-32(29)28-17-9-8-16-27(28)31-25-14-6-4-12-23(25)24-13-5-7-15-26(24)33(31)34;1-23(2)24(3,4)28-25(27-23)17-14-15-22-20(16-17)19-12-8-9-13-21(19)26(22)18-10-6-5-7-11-18;1-3-5-7-9-11-13-15-17-19-21-23-22-20-18-16-14-12-10-8-6-4-2/h1-32H;1-20H;5-16H,1-4H3;1H,2H3. The molecular weight excluding hydrogens is 1780 g/mol. The Labute approximate surface area is 826 Å². The Morgan fingerprint density at radius 2 is 0.504 bits per heavy atom. The molecule has 0 atom stereocenters. The molecule has 0 bridgehead atoms. The lowest BCUT2D eigenvalue weighted by atomic mass is 9.78. The van der Waals surface area contributed by atoms with Crippen molar-refractivity contribution in [2.45, 2.75) is 45.8 Å². The van der Waals surface area contributed by atoms with Gasteiger partial charge in [-0.3, -0.25) is 0 Å². The molecule has 1 aliphatic heterocycles. The smallest absolute Gasteiger partial charge is 0.399 e. The molecule has 1 fully saturated rings. The van der Waals surface area contributed by atoms with E-state index >= 15 is 0 Å². The molecule has 654 valence electrons. The zero-order chi connectivity index (χ0) is 95.5. The molecule has 25 rings (SSSR count). The van der Waals surface area contributed by atoms with Gasteiger partial charge in [0.25, 0.3) is 0 Å². The number of para-hydroxylation sites is 6. The molecule has 0 spiro atoms. The Balaban J connectivity index is 0.000000115. The highest BCUT2D eigenvalue weighted by Crippen LogP contribution is 2.52. The normalized spacial score (nSPS) is 11.9. The van der Waals surface area contributed by atoms with Crippen LogP contribution in [0, 0.1) is 131 Å². The Bertz CT molecular complexity index is 10100. The predicted octanol–water partition coefficient (Wildman–Crippen LogP) is 30.1. The van der Waals surface area contributed by atoms with Gasteiger partial charge in [0.1, 0.15) is 0 Å². The van der Waals surface area contributed by atoms with Gasteiger partial charge >= 0.3 is 7.12 Å². The number of hydrogen-bond acceptors (Lipinski definition) is 2. The monoisotopic (exact) mass is 1850 g/mol. The van der Waals surface area contributed by atoms with Crippen molar-refractivity contribution in [2.75, 3.05) is 0 Å². The van der Waals surface area contributed by atoms with Crippen LogP contribution in [-0.2, 0) is 9.31 Å². The molecule has 24 aromatic rings. The summed E-state index contributed by atoms with van der Waals surface area (Å²) < 4.78 is 23.3. The van der Waals surface area contributed by atoms with Gasteiger partial charge in [0.2, 0.25) is 0 Å². The number of halogens is 1. The second-order valence-electron chi connectivity index (χ2n) is 35.2. The van der Waals surface area contributed by atoms with Crippen LogP contribution in [0.4, 0.5) is 0 Å². The molecule has 8 heteroatoms. The average molecular weight is 1860 g/mol. The van der Waals surface area contributed by atoms with Gasteiger partial charge in [0, 0.05) is 116 Å². The van der Waals surface area contributed by atoms with E-state index in [4.69, 9.17) is 15.7 Å². The lowest BCUT2D eigenvalue weighted by molar-refractivity contribution is 0.00578. The first kappa shape index (κ1) is 87.6. The van der Waals surface area contributed by atoms with Crippen molar-refractivity contribution in [2.24, 2.45) is 0 Å². The Morgan fingerprint density at radius 1 is 0.227 bits per heavy atom. The van der Waals surface area contributed by atoms with Gasteiger partial charge in [-0.1, -0.05) is 313 Å². The van der Waals surface area contributed by atoms with Gasteiger partial charge in [0.05, 0.1) is 55.3 Å². The molecule has 0 saturated carbocycles. The first-order valence-electron chi connectivity index (χ1n) is 46.5. The van der Waals surface area contributed by atoms with Crippen molar-refractivity contribution < 1.29 is 9.31 Å². The molecule has 6 nitrogen and oxygen atoms in total. The summed E-state index contributed by atoms with van der Waals surface area (Å²) >= 11 is 3.75. The molecule has 0 unspecified atom stereocenters. The van der Waals surface area contributed by atoms with Crippen molar-refractivity contribution >= 4 is 202 Å². The van der Waals surface area contributed by atoms with Crippen LogP contribution in [0.1, 0.15) is 34.6 Å². The van der Waals surface area contributed by atoms with Crippen LogP contribution in [0.2, 0.25) is 0 Å². The van der Waals surface area contributed by atoms with Gasteiger partial charge < -0.3 is 27.6 Å². The number of benzene rings is 20. The number of terminal acetylenes is 1. The maximum absolute atomic E-state index is 6.27. The molecule has 141 heavy (non-hydrogen) atoms. The molecule has 0 N–H and O–H groups in total. The lowest BCUT2D eigenvalue weighted by Gasteiger charge is -2.32. The summed E-state index contributed by atoms with van der Waals surface area (Å²) in [5.41, 5.74) is 17.2. The fraction of sp³-hybridized carbons (Fsp3) is 0.0526. The molecule has 0 radical (unpaired) electrons. The van der Waals surface area contributed by atoms with Gasteiger partial charge in [0.15, 0.2) is 0 Å². The second kappa shape index (κ2) is 37.9. The highest BCUT2D eigenvalue weighted by atomic mass is 79.9. The molecule has 0 aliphatic carbocycles. The van der Waals surface area contributed by atoms with E-state index in [1.54, 1.807) is 6.92 Å². The number of rotatable bonds is 6. The van der Waals surface area contributed by atoms with Crippen molar-refractivity contribution in [3.05, 3.63) is 393 Å². The molecule has 1 aliphatic rings. The van der Waals surface area contributed by atoms with Crippen LogP contribution >= 0.6 is 15.9 Å². The number of fused-ring (bicyclic) bond motifs is 32. The van der Waals surface area contributed by atoms with E-state index in [1.165, 1.54) is 196 Å². The minimum Gasteiger partial charge on any atom is -0.399 e. The molecule has 0 amide bonds. The van der Waals surface area contributed by atoms with Gasteiger partial charge in [-0.15, -0.1) is 6.42 Å². The predicted molar refractivity (Wildman–Crippen MR) is 598 cm³/mol. The summed E-state index contributed by atoms with van der Waals surface area (Å²) in [5, 5.41) is 30.9. The minimum absolute atomic E-state index is 0.343. The van der Waals surface area contributed by atoms with Crippen LogP contribution < -0.4 is 5.46 Å². The first-order chi connectivity index (χ1) is 69.4. The first-order valence-corrected chi connectivity index (χ1v) is 47.3. The van der Waals surface area contributed by atoms with Crippen molar-refractivity contribution in [3.8, 4) is 165 Å². The van der Waals surface area contributed by atoms with E-state index in [-0.39, 0.29) is 18.3 Å². The number of hydrogen-bond donors (Lipinski definition) is 0. The summed E-state index contributed by atoms with van der Waals surface area (Å²) in [6.45, 7) is 10.1. The van der Waals surface area contributed by atoms with Crippen molar-refractivity contribution in [3.63, 3.8) is 0 Å². The van der Waals surface area contributed by atoms with E-state index in [0.717, 1.165) is 21.3 Å². The maximum atomic E-state index is 6.27. The van der Waals surface area contributed by atoms with E-state index in [0.29, 0.717) is 0 Å². The topological polar surface area (TPSA) is 38.2 Å².